The Kier molecular flexibility index (Phi) is 4.99. The van der Waals surface area contributed by atoms with E-state index in [-0.39, 0.29) is 0 Å². The van der Waals surface area contributed by atoms with Crippen molar-refractivity contribution in [2.24, 2.45) is 5.73 Å². The van der Waals surface area contributed by atoms with Gasteiger partial charge in [-0.3, -0.25) is 0 Å². The quantitative estimate of drug-likeness (QED) is 0.856. The smallest absolute Gasteiger partial charge is 0.0429 e. The molecule has 0 aliphatic rings. The van der Waals surface area contributed by atoms with Crippen LogP contribution in [-0.2, 0) is 6.54 Å². The van der Waals surface area contributed by atoms with Crippen molar-refractivity contribution in [3.05, 3.63) is 65.7 Å². The summed E-state index contributed by atoms with van der Waals surface area (Å²) in [6.07, 6.45) is 1.01. The molecule has 0 aromatic heterocycles. The number of nitrogens with two attached hydrogens (primary N) is 1. The molecule has 0 amide bonds. The standard InChI is InChI=1S/C17H22N2/c1-15-8-10-17(11-9-15)19(13-5-12-18)14-16-6-3-2-4-7-16/h2-4,6-11H,5,12-14,18H2,1H3. The van der Waals surface area contributed by atoms with Crippen LogP contribution in [0.25, 0.3) is 0 Å². The molecule has 2 heteroatoms. The van der Waals surface area contributed by atoms with Crippen molar-refractivity contribution >= 4 is 5.69 Å². The number of hydrogen-bond acceptors (Lipinski definition) is 2. The van der Waals surface area contributed by atoms with Crippen LogP contribution in [0.1, 0.15) is 17.5 Å². The van der Waals surface area contributed by atoms with E-state index in [4.69, 9.17) is 5.73 Å². The lowest BCUT2D eigenvalue weighted by molar-refractivity contribution is 0.736. The zero-order chi connectivity index (χ0) is 13.5. The molecule has 100 valence electrons. The summed E-state index contributed by atoms with van der Waals surface area (Å²) >= 11 is 0. The van der Waals surface area contributed by atoms with Gasteiger partial charge in [0.15, 0.2) is 0 Å². The third-order valence-corrected chi connectivity index (χ3v) is 3.25. The van der Waals surface area contributed by atoms with Crippen LogP contribution in [0.5, 0.6) is 0 Å². The van der Waals surface area contributed by atoms with Crippen LogP contribution < -0.4 is 10.6 Å². The molecule has 0 unspecified atom stereocenters. The average Bonchev–Trinajstić information content (AvgIpc) is 2.45. The van der Waals surface area contributed by atoms with Crippen LogP contribution in [0.4, 0.5) is 5.69 Å². The Morgan fingerprint density at radius 2 is 1.63 bits per heavy atom. The fourth-order valence-electron chi connectivity index (χ4n) is 2.14. The van der Waals surface area contributed by atoms with E-state index < -0.39 is 0 Å². The third kappa shape index (κ3) is 4.11. The highest BCUT2D eigenvalue weighted by Crippen LogP contribution is 2.18. The van der Waals surface area contributed by atoms with Crippen molar-refractivity contribution in [2.45, 2.75) is 19.9 Å². The number of aryl methyl sites for hydroxylation is 1. The van der Waals surface area contributed by atoms with E-state index in [2.05, 4.69) is 66.4 Å². The summed E-state index contributed by atoms with van der Waals surface area (Å²) in [6, 6.07) is 19.3. The molecule has 0 saturated heterocycles. The van der Waals surface area contributed by atoms with Gasteiger partial charge in [-0.2, -0.15) is 0 Å². The molecule has 0 bridgehead atoms. The summed E-state index contributed by atoms with van der Waals surface area (Å²) < 4.78 is 0. The Bertz CT molecular complexity index is 476. The predicted molar refractivity (Wildman–Crippen MR) is 82.3 cm³/mol. The van der Waals surface area contributed by atoms with Crippen LogP contribution in [0.3, 0.4) is 0 Å². The number of hydrogen-bond donors (Lipinski definition) is 1. The largest absolute Gasteiger partial charge is 0.367 e. The van der Waals surface area contributed by atoms with E-state index >= 15 is 0 Å². The Hall–Kier alpha value is -1.80. The highest BCUT2D eigenvalue weighted by molar-refractivity contribution is 5.48. The number of nitrogens with zero attached hydrogens (tertiary/aromatic N) is 1. The lowest BCUT2D eigenvalue weighted by atomic mass is 10.1. The predicted octanol–water partition coefficient (Wildman–Crippen LogP) is 3.35. The first-order chi connectivity index (χ1) is 9.29. The van der Waals surface area contributed by atoms with Crippen molar-refractivity contribution in [1.29, 1.82) is 0 Å². The van der Waals surface area contributed by atoms with Crippen LogP contribution in [0.15, 0.2) is 54.6 Å². The molecule has 2 aromatic rings. The first-order valence-electron chi connectivity index (χ1n) is 6.85. The molecule has 0 aliphatic carbocycles. The van der Waals surface area contributed by atoms with Gasteiger partial charge in [-0.15, -0.1) is 0 Å². The van der Waals surface area contributed by atoms with Crippen molar-refractivity contribution in [2.75, 3.05) is 18.0 Å². The SMILES string of the molecule is Cc1ccc(N(CCCN)Cc2ccccc2)cc1. The molecule has 0 heterocycles. The number of anilines is 1. The minimum atomic E-state index is 0.733. The summed E-state index contributed by atoms with van der Waals surface area (Å²) in [6.45, 7) is 4.78. The van der Waals surface area contributed by atoms with E-state index in [0.717, 1.165) is 26.1 Å². The topological polar surface area (TPSA) is 29.3 Å². The minimum absolute atomic E-state index is 0.733. The zero-order valence-electron chi connectivity index (χ0n) is 11.5. The second kappa shape index (κ2) is 6.95. The lowest BCUT2D eigenvalue weighted by Crippen LogP contribution is -2.25. The molecule has 0 saturated carbocycles. The Morgan fingerprint density at radius 3 is 2.26 bits per heavy atom. The molecule has 2 rings (SSSR count). The molecular formula is C17H22N2. The molecule has 0 aliphatic heterocycles. The zero-order valence-corrected chi connectivity index (χ0v) is 11.5. The van der Waals surface area contributed by atoms with Gasteiger partial charge in [-0.1, -0.05) is 48.0 Å². The van der Waals surface area contributed by atoms with E-state index in [1.807, 2.05) is 0 Å². The van der Waals surface area contributed by atoms with Crippen molar-refractivity contribution in [3.63, 3.8) is 0 Å². The molecule has 2 aromatic carbocycles. The van der Waals surface area contributed by atoms with Gasteiger partial charge in [-0.05, 0) is 37.6 Å². The Balaban J connectivity index is 2.13. The van der Waals surface area contributed by atoms with Gasteiger partial charge < -0.3 is 10.6 Å². The normalized spacial score (nSPS) is 10.4. The monoisotopic (exact) mass is 254 g/mol. The van der Waals surface area contributed by atoms with E-state index in [9.17, 15) is 0 Å². The van der Waals surface area contributed by atoms with Crippen LogP contribution in [0.2, 0.25) is 0 Å². The Labute approximate surface area is 115 Å². The molecule has 0 fully saturated rings. The van der Waals surface area contributed by atoms with Gasteiger partial charge in [0.25, 0.3) is 0 Å². The van der Waals surface area contributed by atoms with Gasteiger partial charge in [0.1, 0.15) is 0 Å². The summed E-state index contributed by atoms with van der Waals surface area (Å²) in [5.74, 6) is 0. The molecule has 0 spiro atoms. The second-order valence-corrected chi connectivity index (χ2v) is 4.88. The lowest BCUT2D eigenvalue weighted by Gasteiger charge is -2.25. The van der Waals surface area contributed by atoms with E-state index in [1.165, 1.54) is 16.8 Å². The maximum absolute atomic E-state index is 5.65. The molecule has 2 N–H and O–H groups in total. The summed E-state index contributed by atoms with van der Waals surface area (Å²) in [5.41, 5.74) is 9.54. The van der Waals surface area contributed by atoms with Gasteiger partial charge in [0.2, 0.25) is 0 Å². The summed E-state index contributed by atoms with van der Waals surface area (Å²) in [7, 11) is 0. The average molecular weight is 254 g/mol. The highest BCUT2D eigenvalue weighted by atomic mass is 15.1. The van der Waals surface area contributed by atoms with Gasteiger partial charge >= 0.3 is 0 Å². The number of rotatable bonds is 6. The molecule has 0 radical (unpaired) electrons. The summed E-state index contributed by atoms with van der Waals surface area (Å²) in [5, 5.41) is 0. The van der Waals surface area contributed by atoms with E-state index in [0.29, 0.717) is 0 Å². The van der Waals surface area contributed by atoms with Crippen molar-refractivity contribution < 1.29 is 0 Å². The Morgan fingerprint density at radius 1 is 0.947 bits per heavy atom. The first kappa shape index (κ1) is 13.6. The minimum Gasteiger partial charge on any atom is -0.367 e. The third-order valence-electron chi connectivity index (χ3n) is 3.25. The van der Waals surface area contributed by atoms with Gasteiger partial charge in [0.05, 0.1) is 0 Å². The molecule has 0 atom stereocenters. The van der Waals surface area contributed by atoms with E-state index in [1.54, 1.807) is 0 Å². The van der Waals surface area contributed by atoms with Gasteiger partial charge in [0, 0.05) is 18.8 Å². The maximum atomic E-state index is 5.65. The number of benzene rings is 2. The van der Waals surface area contributed by atoms with Crippen molar-refractivity contribution in [3.8, 4) is 0 Å². The fraction of sp³-hybridized carbons (Fsp3) is 0.294. The second-order valence-electron chi connectivity index (χ2n) is 4.88. The molecule has 19 heavy (non-hydrogen) atoms. The van der Waals surface area contributed by atoms with Crippen molar-refractivity contribution in [1.82, 2.24) is 0 Å². The highest BCUT2D eigenvalue weighted by Gasteiger charge is 2.06. The summed E-state index contributed by atoms with van der Waals surface area (Å²) in [4.78, 5) is 2.39. The van der Waals surface area contributed by atoms with Gasteiger partial charge in [-0.25, -0.2) is 0 Å². The first-order valence-corrected chi connectivity index (χ1v) is 6.85. The van der Waals surface area contributed by atoms with Crippen LogP contribution >= 0.6 is 0 Å². The fourth-order valence-corrected chi connectivity index (χ4v) is 2.14. The molecule has 2 nitrogen and oxygen atoms in total. The van der Waals surface area contributed by atoms with Crippen LogP contribution in [-0.4, -0.2) is 13.1 Å². The maximum Gasteiger partial charge on any atom is 0.0429 e. The molecular weight excluding hydrogens is 232 g/mol. The van der Waals surface area contributed by atoms with Crippen LogP contribution in [0, 0.1) is 6.92 Å².